The maximum Gasteiger partial charge on any atom is 0.434 e. The molecule has 4 amide bonds. The summed E-state index contributed by atoms with van der Waals surface area (Å²) in [5.74, 6) is 0.107. The number of hydrogen-bond donors (Lipinski definition) is 1. The summed E-state index contributed by atoms with van der Waals surface area (Å²) >= 11 is 10.8. The second-order valence-electron chi connectivity index (χ2n) is 11.0. The third-order valence-corrected chi connectivity index (χ3v) is 11.2. The molecule has 0 aliphatic carbocycles. The van der Waals surface area contributed by atoms with Crippen molar-refractivity contribution in [3.63, 3.8) is 0 Å². The van der Waals surface area contributed by atoms with Gasteiger partial charge in [-0.3, -0.25) is 19.2 Å². The Balaban J connectivity index is 0.000000153. The van der Waals surface area contributed by atoms with Gasteiger partial charge in [-0.1, -0.05) is 24.3 Å². The molecule has 1 N–H and O–H groups in total. The van der Waals surface area contributed by atoms with Gasteiger partial charge in [0.2, 0.25) is 0 Å². The van der Waals surface area contributed by atoms with E-state index in [-0.39, 0.29) is 23.0 Å². The van der Waals surface area contributed by atoms with Crippen molar-refractivity contribution in [1.29, 1.82) is 0 Å². The number of nitrogens with one attached hydrogen (secondary N) is 1. The Bertz CT molecular complexity index is 1620. The summed E-state index contributed by atoms with van der Waals surface area (Å²) in [7, 11) is 3.72. The molecule has 0 bridgehead atoms. The maximum absolute atomic E-state index is 11.9. The van der Waals surface area contributed by atoms with E-state index in [9.17, 15) is 24.0 Å². The summed E-state index contributed by atoms with van der Waals surface area (Å²) in [6.45, 7) is 8.06. The molecule has 0 spiro atoms. The van der Waals surface area contributed by atoms with Crippen LogP contribution in [-0.2, 0) is 4.84 Å². The van der Waals surface area contributed by atoms with Crippen LogP contribution in [0, 0.1) is 0 Å². The summed E-state index contributed by atoms with van der Waals surface area (Å²) < 4.78 is 0. The zero-order valence-corrected chi connectivity index (χ0v) is 31.7. The van der Waals surface area contributed by atoms with Crippen LogP contribution in [0.2, 0.25) is 0 Å². The number of carbonyl (C=O) groups excluding carboxylic acids is 5. The SMILES string of the molecule is CN1CCN(C(=O)c2cccs2)CC1.CN1CCN(C(=O)c2cccs2)OC1=O.O=C(Cl)c1cccs1.O=C(c1cccs1)N1CCNCC1. The monoisotopic (exact) mass is 778 g/mol. The van der Waals surface area contributed by atoms with Gasteiger partial charge in [0.25, 0.3) is 23.0 Å². The molecule has 17 heteroatoms. The predicted molar refractivity (Wildman–Crippen MR) is 200 cm³/mol. The van der Waals surface area contributed by atoms with Crippen LogP contribution in [0.3, 0.4) is 0 Å². The molecule has 12 nitrogen and oxygen atoms in total. The summed E-state index contributed by atoms with van der Waals surface area (Å²) in [6.07, 6.45) is -0.494. The summed E-state index contributed by atoms with van der Waals surface area (Å²) in [5.41, 5.74) is 0. The number of hydrogen-bond acceptors (Lipinski definition) is 12. The van der Waals surface area contributed by atoms with Gasteiger partial charge in [0, 0.05) is 66.0 Å². The number of nitrogens with zero attached hydrogens (tertiary/aromatic N) is 5. The molecular weight excluding hydrogens is 740 g/mol. The van der Waals surface area contributed by atoms with Crippen molar-refractivity contribution < 1.29 is 28.8 Å². The lowest BCUT2D eigenvalue weighted by atomic mass is 10.3. The van der Waals surface area contributed by atoms with Crippen LogP contribution >= 0.6 is 56.9 Å². The number of amides is 4. The highest BCUT2D eigenvalue weighted by Gasteiger charge is 2.28. The minimum atomic E-state index is -0.494. The standard InChI is InChI=1S/C10H14N2OS.C9H10N2O3S.C9H12N2OS.C5H3ClOS/c1-11-4-6-12(7-5-11)10(13)9-3-2-8-14-9;1-10-4-5-11(14-9(10)13)8(12)7-3-2-6-15-7;12-9(8-2-1-7-13-8)11-5-3-10-4-6-11;6-5(7)4-2-1-3-8-4/h2-3,8H,4-7H2,1H3;2-3,6H,4-5H2,1H3;1-2,7,10H,3-6H2;1-3H. The first-order valence-corrected chi connectivity index (χ1v) is 19.6. The molecule has 3 aliphatic rings. The zero-order valence-electron chi connectivity index (χ0n) is 27.7. The van der Waals surface area contributed by atoms with Gasteiger partial charge in [0.15, 0.2) is 0 Å². The molecule has 3 fully saturated rings. The van der Waals surface area contributed by atoms with E-state index in [0.29, 0.717) is 22.8 Å². The molecule has 50 heavy (non-hydrogen) atoms. The maximum atomic E-state index is 11.9. The number of hydroxylamine groups is 2. The molecule has 4 aromatic heterocycles. The third-order valence-electron chi connectivity index (χ3n) is 7.47. The highest BCUT2D eigenvalue weighted by atomic mass is 35.5. The van der Waals surface area contributed by atoms with Gasteiger partial charge in [-0.05, 0) is 64.4 Å². The van der Waals surface area contributed by atoms with Crippen LogP contribution < -0.4 is 5.32 Å². The molecule has 7 heterocycles. The average Bonchev–Trinajstić information content (AvgIpc) is 3.98. The Hall–Kier alpha value is -3.64. The van der Waals surface area contributed by atoms with Crippen LogP contribution in [0.5, 0.6) is 0 Å². The molecule has 0 radical (unpaired) electrons. The second kappa shape index (κ2) is 20.3. The van der Waals surface area contributed by atoms with Crippen molar-refractivity contribution >= 4 is 86.0 Å². The first kappa shape index (κ1) is 39.2. The zero-order chi connectivity index (χ0) is 35.9. The van der Waals surface area contributed by atoms with Gasteiger partial charge in [-0.2, -0.15) is 5.06 Å². The molecular formula is C33H39ClN6O6S4. The molecule has 3 aliphatic heterocycles. The minimum Gasteiger partial charge on any atom is -0.335 e. The van der Waals surface area contributed by atoms with Gasteiger partial charge >= 0.3 is 6.09 Å². The molecule has 0 saturated carbocycles. The Morgan fingerprint density at radius 3 is 1.46 bits per heavy atom. The topological polar surface area (TPSA) is 123 Å². The lowest BCUT2D eigenvalue weighted by molar-refractivity contribution is -0.103. The number of carbonyl (C=O) groups is 5. The van der Waals surface area contributed by atoms with Gasteiger partial charge in [0.05, 0.1) is 26.1 Å². The van der Waals surface area contributed by atoms with Crippen molar-refractivity contribution in [1.82, 2.24) is 30.0 Å². The highest BCUT2D eigenvalue weighted by molar-refractivity contribution is 7.14. The molecule has 3 saturated heterocycles. The Morgan fingerprint density at radius 2 is 1.06 bits per heavy atom. The normalized spacial score (nSPS) is 16.1. The number of halogens is 1. The van der Waals surface area contributed by atoms with Crippen LogP contribution in [0.1, 0.15) is 38.7 Å². The van der Waals surface area contributed by atoms with E-state index in [0.717, 1.165) is 67.2 Å². The van der Waals surface area contributed by atoms with Crippen LogP contribution in [0.15, 0.2) is 70.1 Å². The van der Waals surface area contributed by atoms with Gasteiger partial charge < -0.3 is 29.8 Å². The third kappa shape index (κ3) is 12.0. The molecule has 0 atom stereocenters. The molecule has 7 rings (SSSR count). The van der Waals surface area contributed by atoms with Crippen LogP contribution in [-0.4, -0.2) is 133 Å². The molecule has 0 aromatic carbocycles. The Kier molecular flexibility index (Phi) is 15.9. The summed E-state index contributed by atoms with van der Waals surface area (Å²) in [4.78, 5) is 72.1. The first-order valence-electron chi connectivity index (χ1n) is 15.7. The average molecular weight is 779 g/mol. The van der Waals surface area contributed by atoms with E-state index in [1.807, 2.05) is 55.6 Å². The van der Waals surface area contributed by atoms with Gasteiger partial charge in [-0.15, -0.1) is 45.3 Å². The van der Waals surface area contributed by atoms with Gasteiger partial charge in [0.1, 0.15) is 0 Å². The van der Waals surface area contributed by atoms with Crippen LogP contribution in [0.25, 0.3) is 0 Å². The van der Waals surface area contributed by atoms with E-state index in [1.54, 1.807) is 31.3 Å². The summed E-state index contributed by atoms with van der Waals surface area (Å²) in [5, 5.41) is 11.5. The van der Waals surface area contributed by atoms with Crippen LogP contribution in [0.4, 0.5) is 4.79 Å². The fourth-order valence-corrected chi connectivity index (χ4v) is 7.38. The van der Waals surface area contributed by atoms with Crippen molar-refractivity contribution in [3.8, 4) is 0 Å². The molecule has 0 unspecified atom stereocenters. The quantitative estimate of drug-likeness (QED) is 0.279. The van der Waals surface area contributed by atoms with E-state index in [4.69, 9.17) is 16.4 Å². The summed E-state index contributed by atoms with van der Waals surface area (Å²) in [6, 6.07) is 14.6. The lowest BCUT2D eigenvalue weighted by Gasteiger charge is -2.32. The van der Waals surface area contributed by atoms with E-state index >= 15 is 0 Å². The minimum absolute atomic E-state index is 0.177. The number of piperazine rings is 2. The van der Waals surface area contributed by atoms with Gasteiger partial charge in [-0.25, -0.2) is 4.79 Å². The van der Waals surface area contributed by atoms with Crippen molar-refractivity contribution in [2.24, 2.45) is 0 Å². The smallest absolute Gasteiger partial charge is 0.335 e. The van der Waals surface area contributed by atoms with Crippen molar-refractivity contribution in [3.05, 3.63) is 89.6 Å². The van der Waals surface area contributed by atoms with Crippen molar-refractivity contribution in [2.75, 3.05) is 79.5 Å². The first-order chi connectivity index (χ1) is 24.1. The Labute approximate surface area is 312 Å². The number of thiophene rings is 4. The highest BCUT2D eigenvalue weighted by Crippen LogP contribution is 2.16. The lowest BCUT2D eigenvalue weighted by Crippen LogP contribution is -2.48. The fourth-order valence-electron chi connectivity index (χ4n) is 4.59. The second-order valence-corrected chi connectivity index (χ2v) is 15.1. The largest absolute Gasteiger partial charge is 0.434 e. The van der Waals surface area contributed by atoms with E-state index in [2.05, 4.69) is 17.3 Å². The molecule has 268 valence electrons. The predicted octanol–water partition coefficient (Wildman–Crippen LogP) is 5.24. The van der Waals surface area contributed by atoms with Crippen molar-refractivity contribution in [2.45, 2.75) is 0 Å². The van der Waals surface area contributed by atoms with E-state index in [1.165, 1.54) is 50.2 Å². The fraction of sp³-hybridized carbons (Fsp3) is 0.364. The molecule has 4 aromatic rings. The Morgan fingerprint density at radius 1 is 0.620 bits per heavy atom. The van der Waals surface area contributed by atoms with E-state index < -0.39 is 6.09 Å². The number of likely N-dealkylation sites (N-methyl/N-ethyl adjacent to an activating group) is 2. The number of rotatable bonds is 4.